The lowest BCUT2D eigenvalue weighted by Gasteiger charge is -2.07. The van der Waals surface area contributed by atoms with Crippen molar-refractivity contribution < 1.29 is 4.74 Å². The van der Waals surface area contributed by atoms with Crippen LogP contribution in [0, 0.1) is 3.57 Å². The molecule has 0 saturated carbocycles. The molecular formula is C12H10ClIN2O. The Bertz CT molecular complexity index is 534. The summed E-state index contributed by atoms with van der Waals surface area (Å²) in [4.78, 5) is 4.14. The summed E-state index contributed by atoms with van der Waals surface area (Å²) in [7, 11) is 0. The number of nitrogens with zero attached hydrogens (tertiary/aromatic N) is 1. The highest BCUT2D eigenvalue weighted by atomic mass is 127. The van der Waals surface area contributed by atoms with Gasteiger partial charge >= 0.3 is 0 Å². The lowest BCUT2D eigenvalue weighted by molar-refractivity contribution is 0.462. The molecule has 0 spiro atoms. The molecule has 0 saturated heterocycles. The van der Waals surface area contributed by atoms with Crippen molar-refractivity contribution in [3.63, 3.8) is 0 Å². The van der Waals surface area contributed by atoms with Crippen LogP contribution in [0.25, 0.3) is 0 Å². The molecule has 0 aliphatic heterocycles. The summed E-state index contributed by atoms with van der Waals surface area (Å²) in [5, 5.41) is 0.465. The molecular weight excluding hydrogens is 351 g/mol. The van der Waals surface area contributed by atoms with Crippen molar-refractivity contribution in [2.24, 2.45) is 5.73 Å². The van der Waals surface area contributed by atoms with Crippen LogP contribution in [-0.2, 0) is 6.54 Å². The van der Waals surface area contributed by atoms with Crippen LogP contribution in [0.4, 0.5) is 0 Å². The summed E-state index contributed by atoms with van der Waals surface area (Å²) < 4.78 is 6.69. The Morgan fingerprint density at radius 2 is 2.18 bits per heavy atom. The maximum atomic E-state index is 6.05. The van der Waals surface area contributed by atoms with E-state index in [-0.39, 0.29) is 0 Å². The van der Waals surface area contributed by atoms with Gasteiger partial charge in [0.15, 0.2) is 0 Å². The number of benzene rings is 1. The minimum atomic E-state index is 0.394. The van der Waals surface area contributed by atoms with Crippen molar-refractivity contribution in [2.45, 2.75) is 6.54 Å². The van der Waals surface area contributed by atoms with Gasteiger partial charge in [0.25, 0.3) is 0 Å². The second kappa shape index (κ2) is 5.66. The molecule has 88 valence electrons. The smallest absolute Gasteiger partial charge is 0.238 e. The lowest BCUT2D eigenvalue weighted by atomic mass is 10.3. The van der Waals surface area contributed by atoms with Crippen LogP contribution in [0.1, 0.15) is 5.56 Å². The first-order valence-electron chi connectivity index (χ1n) is 4.97. The van der Waals surface area contributed by atoms with Crippen LogP contribution in [0.5, 0.6) is 11.6 Å². The molecule has 1 aromatic carbocycles. The van der Waals surface area contributed by atoms with Crippen molar-refractivity contribution >= 4 is 34.2 Å². The van der Waals surface area contributed by atoms with Crippen LogP contribution in [-0.4, -0.2) is 4.98 Å². The molecule has 0 aliphatic rings. The van der Waals surface area contributed by atoms with E-state index >= 15 is 0 Å². The minimum absolute atomic E-state index is 0.394. The highest BCUT2D eigenvalue weighted by molar-refractivity contribution is 14.1. The quantitative estimate of drug-likeness (QED) is 0.851. The van der Waals surface area contributed by atoms with E-state index in [1.807, 2.05) is 24.3 Å². The van der Waals surface area contributed by atoms with Gasteiger partial charge in [-0.05, 0) is 52.4 Å². The zero-order chi connectivity index (χ0) is 12.3. The molecule has 0 radical (unpaired) electrons. The Hall–Kier alpha value is -0.850. The van der Waals surface area contributed by atoms with Gasteiger partial charge in [0.05, 0.1) is 0 Å². The van der Waals surface area contributed by atoms with Crippen LogP contribution >= 0.6 is 34.2 Å². The fourth-order valence-corrected chi connectivity index (χ4v) is 2.04. The standard InChI is InChI=1S/C12H10ClIN2O/c13-11-4-8(6-15)7-16-12(11)17-10-3-1-2-9(14)5-10/h1-5,7H,6,15H2. The summed E-state index contributed by atoms with van der Waals surface area (Å²) in [5.74, 6) is 1.11. The van der Waals surface area contributed by atoms with Gasteiger partial charge in [-0.3, -0.25) is 0 Å². The van der Waals surface area contributed by atoms with Crippen LogP contribution in [0.3, 0.4) is 0 Å². The van der Waals surface area contributed by atoms with Crippen LogP contribution in [0.2, 0.25) is 5.02 Å². The molecule has 2 N–H and O–H groups in total. The predicted octanol–water partition coefficient (Wildman–Crippen LogP) is 3.59. The van der Waals surface area contributed by atoms with E-state index in [1.54, 1.807) is 12.3 Å². The molecule has 1 heterocycles. The first-order chi connectivity index (χ1) is 8.19. The summed E-state index contributed by atoms with van der Waals surface area (Å²) >= 11 is 8.27. The minimum Gasteiger partial charge on any atom is -0.438 e. The second-order valence-corrected chi connectivity index (χ2v) is 5.05. The fraction of sp³-hybridized carbons (Fsp3) is 0.0833. The average molecular weight is 361 g/mol. The number of aromatic nitrogens is 1. The van der Waals surface area contributed by atoms with Crippen molar-refractivity contribution in [1.82, 2.24) is 4.98 Å². The molecule has 0 atom stereocenters. The van der Waals surface area contributed by atoms with Gasteiger partial charge in [-0.15, -0.1) is 0 Å². The number of nitrogens with two attached hydrogens (primary N) is 1. The summed E-state index contributed by atoms with van der Waals surface area (Å²) in [6.07, 6.45) is 1.66. The Balaban J connectivity index is 2.24. The molecule has 2 rings (SSSR count). The molecule has 5 heteroatoms. The van der Waals surface area contributed by atoms with Crippen molar-refractivity contribution in [3.05, 3.63) is 50.7 Å². The number of hydrogen-bond acceptors (Lipinski definition) is 3. The van der Waals surface area contributed by atoms with Crippen molar-refractivity contribution in [3.8, 4) is 11.6 Å². The van der Waals surface area contributed by atoms with Crippen molar-refractivity contribution in [2.75, 3.05) is 0 Å². The van der Waals surface area contributed by atoms with E-state index in [4.69, 9.17) is 22.1 Å². The fourth-order valence-electron chi connectivity index (χ4n) is 1.29. The predicted molar refractivity (Wildman–Crippen MR) is 76.4 cm³/mol. The maximum Gasteiger partial charge on any atom is 0.238 e. The van der Waals surface area contributed by atoms with Gasteiger partial charge in [-0.25, -0.2) is 4.98 Å². The van der Waals surface area contributed by atoms with E-state index in [0.29, 0.717) is 23.2 Å². The third-order valence-corrected chi connectivity index (χ3v) is 3.05. The van der Waals surface area contributed by atoms with E-state index in [0.717, 1.165) is 9.13 Å². The third-order valence-electron chi connectivity index (χ3n) is 2.11. The molecule has 0 fully saturated rings. The molecule has 17 heavy (non-hydrogen) atoms. The molecule has 0 bridgehead atoms. The number of halogens is 2. The zero-order valence-electron chi connectivity index (χ0n) is 8.86. The summed E-state index contributed by atoms with van der Waals surface area (Å²) in [6, 6.07) is 9.43. The molecule has 3 nitrogen and oxygen atoms in total. The van der Waals surface area contributed by atoms with E-state index in [9.17, 15) is 0 Å². The normalized spacial score (nSPS) is 10.3. The SMILES string of the molecule is NCc1cnc(Oc2cccc(I)c2)c(Cl)c1. The molecule has 0 aliphatic carbocycles. The van der Waals surface area contributed by atoms with E-state index < -0.39 is 0 Å². The topological polar surface area (TPSA) is 48.1 Å². The molecule has 1 aromatic heterocycles. The highest BCUT2D eigenvalue weighted by Crippen LogP contribution is 2.28. The van der Waals surface area contributed by atoms with Crippen molar-refractivity contribution in [1.29, 1.82) is 0 Å². The highest BCUT2D eigenvalue weighted by Gasteiger charge is 2.06. The number of hydrogen-bond donors (Lipinski definition) is 1. The number of rotatable bonds is 3. The number of pyridine rings is 1. The summed E-state index contributed by atoms with van der Waals surface area (Å²) in [5.41, 5.74) is 6.38. The Labute approximate surface area is 118 Å². The first kappa shape index (κ1) is 12.6. The zero-order valence-corrected chi connectivity index (χ0v) is 11.8. The van der Waals surface area contributed by atoms with E-state index in [1.165, 1.54) is 0 Å². The van der Waals surface area contributed by atoms with Crippen LogP contribution in [0.15, 0.2) is 36.5 Å². The monoisotopic (exact) mass is 360 g/mol. The summed E-state index contributed by atoms with van der Waals surface area (Å²) in [6.45, 7) is 0.413. The van der Waals surface area contributed by atoms with Crippen LogP contribution < -0.4 is 10.5 Å². The Morgan fingerprint density at radius 1 is 1.35 bits per heavy atom. The lowest BCUT2D eigenvalue weighted by Crippen LogP contribution is -1.98. The van der Waals surface area contributed by atoms with Gasteiger partial charge in [-0.1, -0.05) is 17.7 Å². The van der Waals surface area contributed by atoms with E-state index in [2.05, 4.69) is 27.6 Å². The molecule has 0 unspecified atom stereocenters. The van der Waals surface area contributed by atoms with Gasteiger partial charge < -0.3 is 10.5 Å². The maximum absolute atomic E-state index is 6.05. The molecule has 0 amide bonds. The van der Waals surface area contributed by atoms with Gasteiger partial charge in [0, 0.05) is 16.3 Å². The van der Waals surface area contributed by atoms with Gasteiger partial charge in [0.2, 0.25) is 5.88 Å². The average Bonchev–Trinajstić information content (AvgIpc) is 2.32. The third kappa shape index (κ3) is 3.31. The number of ether oxygens (including phenoxy) is 1. The molecule has 2 aromatic rings. The van der Waals surface area contributed by atoms with Gasteiger partial charge in [-0.2, -0.15) is 0 Å². The Morgan fingerprint density at radius 3 is 2.82 bits per heavy atom. The second-order valence-electron chi connectivity index (χ2n) is 3.39. The largest absolute Gasteiger partial charge is 0.438 e. The first-order valence-corrected chi connectivity index (χ1v) is 6.42. The van der Waals surface area contributed by atoms with Gasteiger partial charge in [0.1, 0.15) is 10.8 Å². The Kier molecular flexibility index (Phi) is 4.20.